The molecule has 80 valence electrons. The van der Waals surface area contributed by atoms with Gasteiger partial charge in [-0.1, -0.05) is 26.3 Å². The molecule has 0 N–H and O–H groups in total. The summed E-state index contributed by atoms with van der Waals surface area (Å²) in [6, 6.07) is 0. The molecule has 0 atom stereocenters. The maximum atomic E-state index is 4.22. The van der Waals surface area contributed by atoms with E-state index in [0.717, 1.165) is 12.2 Å². The highest BCUT2D eigenvalue weighted by atomic mass is 15.1. The van der Waals surface area contributed by atoms with Gasteiger partial charge < -0.3 is 4.57 Å². The van der Waals surface area contributed by atoms with E-state index in [4.69, 9.17) is 0 Å². The zero-order valence-corrected chi connectivity index (χ0v) is 10.3. The van der Waals surface area contributed by atoms with Gasteiger partial charge in [-0.15, -0.1) is 0 Å². The minimum absolute atomic E-state index is 1.06. The largest absolute Gasteiger partial charge is 0.308 e. The van der Waals surface area contributed by atoms with Gasteiger partial charge in [0, 0.05) is 18.1 Å². The highest BCUT2D eigenvalue weighted by Gasteiger charge is 1.98. The van der Waals surface area contributed by atoms with Crippen LogP contribution in [0.2, 0.25) is 0 Å². The summed E-state index contributed by atoms with van der Waals surface area (Å²) in [5, 5.41) is 0. The third-order valence-electron chi connectivity index (χ3n) is 2.07. The molecule has 2 nitrogen and oxygen atoms in total. The fourth-order valence-corrected chi connectivity index (χ4v) is 1.07. The lowest BCUT2D eigenvalue weighted by molar-refractivity contribution is 0.971. The van der Waals surface area contributed by atoms with E-state index >= 15 is 0 Å². The van der Waals surface area contributed by atoms with Crippen LogP contribution in [0.3, 0.4) is 0 Å². The lowest BCUT2D eigenvalue weighted by Crippen LogP contribution is -1.93. The van der Waals surface area contributed by atoms with Crippen molar-refractivity contribution in [3.63, 3.8) is 0 Å². The van der Waals surface area contributed by atoms with Gasteiger partial charge in [0.1, 0.15) is 5.82 Å². The molecule has 0 aliphatic heterocycles. The molecule has 0 unspecified atom stereocenters. The second-order valence-corrected chi connectivity index (χ2v) is 3.15. The molecule has 0 fully saturated rings. The molecule has 0 aromatic carbocycles. The molecule has 1 aromatic rings. The van der Waals surface area contributed by atoms with Gasteiger partial charge in [-0.2, -0.15) is 0 Å². The predicted octanol–water partition coefficient (Wildman–Crippen LogP) is 3.80. The second-order valence-electron chi connectivity index (χ2n) is 3.15. The molecule has 0 saturated carbocycles. The Labute approximate surface area is 87.7 Å². The monoisotopic (exact) mass is 194 g/mol. The zero-order chi connectivity index (χ0) is 11.1. The van der Waals surface area contributed by atoms with Crippen LogP contribution in [0.15, 0.2) is 11.8 Å². The minimum Gasteiger partial charge on any atom is -0.308 e. The number of aryl methyl sites for hydroxylation is 2. The topological polar surface area (TPSA) is 17.8 Å². The number of hydrogen-bond donors (Lipinski definition) is 0. The van der Waals surface area contributed by atoms with Gasteiger partial charge in [-0.05, 0) is 27.2 Å². The van der Waals surface area contributed by atoms with Gasteiger partial charge >= 0.3 is 0 Å². The van der Waals surface area contributed by atoms with E-state index in [-0.39, 0.29) is 0 Å². The van der Waals surface area contributed by atoms with Gasteiger partial charge in [0.05, 0.1) is 0 Å². The van der Waals surface area contributed by atoms with Crippen molar-refractivity contribution in [3.8, 4) is 0 Å². The molecule has 14 heavy (non-hydrogen) atoms. The van der Waals surface area contributed by atoms with Crippen LogP contribution in [-0.4, -0.2) is 9.55 Å². The van der Waals surface area contributed by atoms with Crippen LogP contribution in [0.4, 0.5) is 0 Å². The Morgan fingerprint density at radius 3 is 2.36 bits per heavy atom. The van der Waals surface area contributed by atoms with Crippen molar-refractivity contribution < 1.29 is 0 Å². The van der Waals surface area contributed by atoms with Crippen molar-refractivity contribution in [2.24, 2.45) is 0 Å². The summed E-state index contributed by atoms with van der Waals surface area (Å²) in [6.07, 6.45) is 5.14. The van der Waals surface area contributed by atoms with E-state index in [9.17, 15) is 0 Å². The number of nitrogens with zero attached hydrogens (tertiary/aromatic N) is 2. The van der Waals surface area contributed by atoms with Crippen molar-refractivity contribution in [2.75, 3.05) is 0 Å². The summed E-state index contributed by atoms with van der Waals surface area (Å²) in [6.45, 7) is 12.4. The molecule has 0 aliphatic carbocycles. The molecule has 1 rings (SSSR count). The molecule has 2 heteroatoms. The zero-order valence-electron chi connectivity index (χ0n) is 10.3. The molecule has 1 aromatic heterocycles. The fourth-order valence-electron chi connectivity index (χ4n) is 1.07. The van der Waals surface area contributed by atoms with Crippen molar-refractivity contribution in [3.05, 3.63) is 23.3 Å². The summed E-state index contributed by atoms with van der Waals surface area (Å²) in [4.78, 5) is 4.22. The Balaban J connectivity index is 0.000000791. The van der Waals surface area contributed by atoms with E-state index < -0.39 is 0 Å². The SMILES string of the molecule is CC.CC/C(C)=C\n1c(C)cnc1C. The Kier molecular flexibility index (Phi) is 5.93. The van der Waals surface area contributed by atoms with Gasteiger partial charge in [0.25, 0.3) is 0 Å². The van der Waals surface area contributed by atoms with Gasteiger partial charge in [0.15, 0.2) is 0 Å². The van der Waals surface area contributed by atoms with Crippen LogP contribution in [0.1, 0.15) is 45.6 Å². The first-order valence-electron chi connectivity index (χ1n) is 5.33. The predicted molar refractivity (Wildman–Crippen MR) is 63.3 cm³/mol. The summed E-state index contributed by atoms with van der Waals surface area (Å²) in [7, 11) is 0. The average Bonchev–Trinajstić information content (AvgIpc) is 2.52. The lowest BCUT2D eigenvalue weighted by Gasteiger charge is -2.02. The van der Waals surface area contributed by atoms with Gasteiger partial charge in [-0.3, -0.25) is 0 Å². The number of allylic oxidation sites excluding steroid dienone is 1. The standard InChI is InChI=1S/C10H16N2.C2H6/c1-5-8(2)7-12-9(3)6-11-10(12)4;1-2/h6-7H,5H2,1-4H3;1-2H3/b8-7-;. The number of hydrogen-bond acceptors (Lipinski definition) is 1. The third kappa shape index (κ3) is 3.36. The van der Waals surface area contributed by atoms with E-state index in [1.54, 1.807) is 0 Å². The summed E-state index contributed by atoms with van der Waals surface area (Å²) >= 11 is 0. The molecular formula is C12H22N2. The summed E-state index contributed by atoms with van der Waals surface area (Å²) in [5.41, 5.74) is 2.57. The quantitative estimate of drug-likeness (QED) is 0.700. The normalized spacial score (nSPS) is 10.9. The Morgan fingerprint density at radius 2 is 2.00 bits per heavy atom. The van der Waals surface area contributed by atoms with Crippen LogP contribution in [-0.2, 0) is 0 Å². The molecule has 0 aliphatic rings. The van der Waals surface area contributed by atoms with E-state index in [0.29, 0.717) is 0 Å². The maximum absolute atomic E-state index is 4.22. The van der Waals surface area contributed by atoms with Crippen molar-refractivity contribution >= 4 is 6.20 Å². The van der Waals surface area contributed by atoms with Crippen molar-refractivity contribution in [2.45, 2.75) is 48.0 Å². The highest BCUT2D eigenvalue weighted by molar-refractivity contribution is 5.33. The first-order valence-corrected chi connectivity index (χ1v) is 5.33. The van der Waals surface area contributed by atoms with Crippen LogP contribution in [0.25, 0.3) is 6.20 Å². The maximum Gasteiger partial charge on any atom is 0.109 e. The number of aromatic nitrogens is 2. The van der Waals surface area contributed by atoms with E-state index in [1.807, 2.05) is 27.0 Å². The summed E-state index contributed by atoms with van der Waals surface area (Å²) in [5.74, 6) is 1.06. The molecule has 0 saturated heterocycles. The molecule has 0 spiro atoms. The molecule has 1 heterocycles. The molecule has 0 radical (unpaired) electrons. The number of imidazole rings is 1. The third-order valence-corrected chi connectivity index (χ3v) is 2.07. The number of rotatable bonds is 2. The second kappa shape index (κ2) is 6.41. The lowest BCUT2D eigenvalue weighted by atomic mass is 10.2. The summed E-state index contributed by atoms with van der Waals surface area (Å²) < 4.78 is 2.12. The van der Waals surface area contributed by atoms with Crippen LogP contribution < -0.4 is 0 Å². The Hall–Kier alpha value is -1.05. The molecule has 0 bridgehead atoms. The molecule has 0 amide bonds. The van der Waals surface area contributed by atoms with Gasteiger partial charge in [-0.25, -0.2) is 4.98 Å². The average molecular weight is 194 g/mol. The van der Waals surface area contributed by atoms with Crippen LogP contribution in [0.5, 0.6) is 0 Å². The molecular weight excluding hydrogens is 172 g/mol. The van der Waals surface area contributed by atoms with Crippen LogP contribution in [0, 0.1) is 13.8 Å². The smallest absolute Gasteiger partial charge is 0.109 e. The Morgan fingerprint density at radius 1 is 1.43 bits per heavy atom. The first-order chi connectivity index (χ1) is 6.65. The van der Waals surface area contributed by atoms with Crippen LogP contribution >= 0.6 is 0 Å². The van der Waals surface area contributed by atoms with E-state index in [1.165, 1.54) is 11.3 Å². The van der Waals surface area contributed by atoms with Crippen molar-refractivity contribution in [1.82, 2.24) is 9.55 Å². The first kappa shape index (κ1) is 12.9. The fraction of sp³-hybridized carbons (Fsp3) is 0.583. The minimum atomic E-state index is 1.06. The van der Waals surface area contributed by atoms with Crippen molar-refractivity contribution in [1.29, 1.82) is 0 Å². The highest BCUT2D eigenvalue weighted by Crippen LogP contribution is 2.07. The van der Waals surface area contributed by atoms with Gasteiger partial charge in [0.2, 0.25) is 0 Å². The van der Waals surface area contributed by atoms with E-state index in [2.05, 4.69) is 36.5 Å². The Bertz CT molecular complexity index is 276.